The zero-order chi connectivity index (χ0) is 20.9. The van der Waals surface area contributed by atoms with E-state index in [2.05, 4.69) is 5.32 Å². The highest BCUT2D eigenvalue weighted by Gasteiger charge is 2.29. The number of sulfonamides is 1. The summed E-state index contributed by atoms with van der Waals surface area (Å²) < 4.78 is 36.0. The van der Waals surface area contributed by atoms with Crippen LogP contribution < -0.4 is 19.1 Å². The van der Waals surface area contributed by atoms with Gasteiger partial charge in [0, 0.05) is 11.6 Å². The fourth-order valence-electron chi connectivity index (χ4n) is 2.72. The number of rotatable bonds is 8. The van der Waals surface area contributed by atoms with Crippen LogP contribution in [0.2, 0.25) is 5.02 Å². The summed E-state index contributed by atoms with van der Waals surface area (Å²) in [6, 6.07) is 10.6. The summed E-state index contributed by atoms with van der Waals surface area (Å²) >= 11 is 5.87. The molecular weight excluding hydrogens is 404 g/mol. The van der Waals surface area contributed by atoms with Gasteiger partial charge in [0.05, 0.1) is 26.2 Å². The lowest BCUT2D eigenvalue weighted by Gasteiger charge is -2.28. The van der Waals surface area contributed by atoms with Crippen LogP contribution in [0.5, 0.6) is 11.5 Å². The molecule has 152 valence electrons. The quantitative estimate of drug-likeness (QED) is 0.701. The molecule has 7 nitrogen and oxygen atoms in total. The summed E-state index contributed by atoms with van der Waals surface area (Å²) in [6.07, 6.45) is 1.06. The molecule has 0 fully saturated rings. The molecule has 0 aliphatic heterocycles. The molecule has 0 radical (unpaired) electrons. The standard InChI is InChI=1S/C19H23ClN2O5S/c1-13(22(28(4,24)25)16-8-6-15(20)7-9-16)19(23)21-12-14-5-10-17(26-2)18(11-14)27-3/h5-11,13H,12H2,1-4H3,(H,21,23)/t13-/m0/s1. The third kappa shape index (κ3) is 5.30. The van der Waals surface area contributed by atoms with Crippen LogP contribution in [0.4, 0.5) is 5.69 Å². The first kappa shape index (κ1) is 21.8. The largest absolute Gasteiger partial charge is 0.493 e. The number of nitrogens with one attached hydrogen (secondary N) is 1. The Labute approximate surface area is 170 Å². The van der Waals surface area contributed by atoms with E-state index in [-0.39, 0.29) is 6.54 Å². The number of methoxy groups -OCH3 is 2. The van der Waals surface area contributed by atoms with Crippen LogP contribution in [-0.2, 0) is 21.4 Å². The van der Waals surface area contributed by atoms with Crippen molar-refractivity contribution in [3.63, 3.8) is 0 Å². The molecule has 0 aromatic heterocycles. The molecule has 2 aromatic rings. The topological polar surface area (TPSA) is 84.9 Å². The van der Waals surface area contributed by atoms with Gasteiger partial charge in [-0.15, -0.1) is 0 Å². The summed E-state index contributed by atoms with van der Waals surface area (Å²) in [5.41, 5.74) is 1.15. The SMILES string of the molecule is COc1ccc(CNC(=O)[C@H](C)N(c2ccc(Cl)cc2)S(C)(=O)=O)cc1OC. The van der Waals surface area contributed by atoms with Gasteiger partial charge >= 0.3 is 0 Å². The molecule has 28 heavy (non-hydrogen) atoms. The smallest absolute Gasteiger partial charge is 0.243 e. The fourth-order valence-corrected chi connectivity index (χ4v) is 4.03. The fraction of sp³-hybridized carbons (Fsp3) is 0.316. The number of benzene rings is 2. The van der Waals surface area contributed by atoms with Gasteiger partial charge < -0.3 is 14.8 Å². The molecule has 0 saturated carbocycles. The van der Waals surface area contributed by atoms with E-state index in [0.29, 0.717) is 22.2 Å². The van der Waals surface area contributed by atoms with Crippen LogP contribution in [0, 0.1) is 0 Å². The molecule has 0 aliphatic rings. The Balaban J connectivity index is 2.16. The molecule has 1 atom stereocenters. The summed E-state index contributed by atoms with van der Waals surface area (Å²) in [5, 5.41) is 3.23. The van der Waals surface area contributed by atoms with E-state index in [1.54, 1.807) is 42.5 Å². The number of nitrogens with zero attached hydrogens (tertiary/aromatic N) is 1. The highest BCUT2D eigenvalue weighted by Crippen LogP contribution is 2.27. The second-order valence-electron chi connectivity index (χ2n) is 6.12. The van der Waals surface area contributed by atoms with E-state index in [9.17, 15) is 13.2 Å². The molecule has 0 unspecified atom stereocenters. The molecule has 0 saturated heterocycles. The van der Waals surface area contributed by atoms with Crippen molar-refractivity contribution in [2.75, 3.05) is 24.8 Å². The van der Waals surface area contributed by atoms with Crippen molar-refractivity contribution in [1.29, 1.82) is 0 Å². The Bertz CT molecular complexity index is 932. The van der Waals surface area contributed by atoms with Gasteiger partial charge in [-0.05, 0) is 48.9 Å². The molecule has 0 bridgehead atoms. The average Bonchev–Trinajstić information content (AvgIpc) is 2.66. The summed E-state index contributed by atoms with van der Waals surface area (Å²) in [6.45, 7) is 1.74. The number of hydrogen-bond donors (Lipinski definition) is 1. The Morgan fingerprint density at radius 1 is 1.11 bits per heavy atom. The minimum absolute atomic E-state index is 0.210. The van der Waals surface area contributed by atoms with Crippen LogP contribution in [0.15, 0.2) is 42.5 Å². The van der Waals surface area contributed by atoms with E-state index in [1.807, 2.05) is 0 Å². The normalized spacial score (nSPS) is 12.2. The van der Waals surface area contributed by atoms with Crippen molar-refractivity contribution in [3.05, 3.63) is 53.1 Å². The minimum Gasteiger partial charge on any atom is -0.493 e. The van der Waals surface area contributed by atoms with Crippen molar-refractivity contribution in [1.82, 2.24) is 5.32 Å². The van der Waals surface area contributed by atoms with Crippen LogP contribution >= 0.6 is 11.6 Å². The highest BCUT2D eigenvalue weighted by molar-refractivity contribution is 7.92. The number of halogens is 1. The van der Waals surface area contributed by atoms with Crippen molar-refractivity contribution in [3.8, 4) is 11.5 Å². The van der Waals surface area contributed by atoms with Gasteiger partial charge in [-0.1, -0.05) is 17.7 Å². The number of ether oxygens (including phenoxy) is 2. The van der Waals surface area contributed by atoms with Gasteiger partial charge in [-0.3, -0.25) is 9.10 Å². The molecule has 0 heterocycles. The molecule has 0 aliphatic carbocycles. The minimum atomic E-state index is -3.68. The highest BCUT2D eigenvalue weighted by atomic mass is 35.5. The number of amides is 1. The predicted molar refractivity (Wildman–Crippen MR) is 110 cm³/mol. The van der Waals surface area contributed by atoms with E-state index < -0.39 is 22.0 Å². The molecule has 0 spiro atoms. The first-order valence-electron chi connectivity index (χ1n) is 8.41. The first-order valence-corrected chi connectivity index (χ1v) is 10.6. The van der Waals surface area contributed by atoms with Crippen LogP contribution in [0.1, 0.15) is 12.5 Å². The Morgan fingerprint density at radius 3 is 2.25 bits per heavy atom. The third-order valence-corrected chi connectivity index (χ3v) is 5.58. The average molecular weight is 427 g/mol. The Hall–Kier alpha value is -2.45. The van der Waals surface area contributed by atoms with Gasteiger partial charge in [0.2, 0.25) is 15.9 Å². The van der Waals surface area contributed by atoms with Crippen LogP contribution in [-0.4, -0.2) is 40.8 Å². The summed E-state index contributed by atoms with van der Waals surface area (Å²) in [7, 11) is -0.619. The summed E-state index contributed by atoms with van der Waals surface area (Å²) in [4.78, 5) is 12.6. The second-order valence-corrected chi connectivity index (χ2v) is 8.41. The van der Waals surface area contributed by atoms with Crippen molar-refractivity contribution in [2.24, 2.45) is 0 Å². The predicted octanol–water partition coefficient (Wildman–Crippen LogP) is 2.83. The first-order chi connectivity index (χ1) is 13.2. The van der Waals surface area contributed by atoms with E-state index in [4.69, 9.17) is 21.1 Å². The van der Waals surface area contributed by atoms with Gasteiger partial charge in [0.1, 0.15) is 6.04 Å². The number of hydrogen-bond acceptors (Lipinski definition) is 5. The second kappa shape index (κ2) is 9.16. The maximum Gasteiger partial charge on any atom is 0.243 e. The van der Waals surface area contributed by atoms with Crippen LogP contribution in [0.3, 0.4) is 0 Å². The number of carbonyl (C=O) groups excluding carboxylic acids is 1. The van der Waals surface area contributed by atoms with Crippen molar-refractivity contribution >= 4 is 33.2 Å². The molecule has 1 N–H and O–H groups in total. The van der Waals surface area contributed by atoms with Gasteiger partial charge in [0.25, 0.3) is 0 Å². The lowest BCUT2D eigenvalue weighted by molar-refractivity contribution is -0.122. The van der Waals surface area contributed by atoms with E-state index in [1.165, 1.54) is 21.1 Å². The maximum atomic E-state index is 12.6. The molecule has 9 heteroatoms. The molecular formula is C19H23ClN2O5S. The third-order valence-electron chi connectivity index (χ3n) is 4.08. The molecule has 1 amide bonds. The Morgan fingerprint density at radius 2 is 1.71 bits per heavy atom. The zero-order valence-corrected chi connectivity index (χ0v) is 17.7. The van der Waals surface area contributed by atoms with Gasteiger partial charge in [-0.2, -0.15) is 0 Å². The van der Waals surface area contributed by atoms with Crippen LogP contribution in [0.25, 0.3) is 0 Å². The van der Waals surface area contributed by atoms with Crippen molar-refractivity contribution in [2.45, 2.75) is 19.5 Å². The van der Waals surface area contributed by atoms with E-state index in [0.717, 1.165) is 16.1 Å². The zero-order valence-electron chi connectivity index (χ0n) is 16.1. The monoisotopic (exact) mass is 426 g/mol. The molecule has 2 aromatic carbocycles. The Kier molecular flexibility index (Phi) is 7.15. The number of anilines is 1. The lowest BCUT2D eigenvalue weighted by atomic mass is 10.2. The van der Waals surface area contributed by atoms with Gasteiger partial charge in [0.15, 0.2) is 11.5 Å². The van der Waals surface area contributed by atoms with Gasteiger partial charge in [-0.25, -0.2) is 8.42 Å². The lowest BCUT2D eigenvalue weighted by Crippen LogP contribution is -2.47. The molecule has 2 rings (SSSR count). The van der Waals surface area contributed by atoms with Crippen molar-refractivity contribution < 1.29 is 22.7 Å². The van der Waals surface area contributed by atoms with E-state index >= 15 is 0 Å². The number of carbonyl (C=O) groups is 1. The maximum absolute atomic E-state index is 12.6. The summed E-state index contributed by atoms with van der Waals surface area (Å²) in [5.74, 6) is 0.688.